The van der Waals surface area contributed by atoms with Crippen molar-refractivity contribution in [3.8, 4) is 0 Å². The van der Waals surface area contributed by atoms with Crippen molar-refractivity contribution in [1.29, 1.82) is 0 Å². The van der Waals surface area contributed by atoms with Crippen LogP contribution in [0.25, 0.3) is 0 Å². The summed E-state index contributed by atoms with van der Waals surface area (Å²) >= 11 is 0. The molecule has 1 heteroatoms. The summed E-state index contributed by atoms with van der Waals surface area (Å²) in [6.45, 7) is 2.02. The maximum absolute atomic E-state index is 10.1. The smallest absolute Gasteiger partial charge is 0.0619 e. The summed E-state index contributed by atoms with van der Waals surface area (Å²) < 4.78 is 0. The molecule has 15 heavy (non-hydrogen) atoms. The van der Waals surface area contributed by atoms with Gasteiger partial charge in [0.05, 0.1) is 5.60 Å². The second kappa shape index (κ2) is 4.86. The fourth-order valence-corrected chi connectivity index (χ4v) is 3.59. The van der Waals surface area contributed by atoms with E-state index in [9.17, 15) is 5.11 Å². The Hall–Kier alpha value is -0.0400. The lowest BCUT2D eigenvalue weighted by Crippen LogP contribution is -2.23. The summed E-state index contributed by atoms with van der Waals surface area (Å²) in [4.78, 5) is 0. The third-order valence-corrected chi connectivity index (χ3v) is 4.66. The van der Waals surface area contributed by atoms with E-state index in [4.69, 9.17) is 0 Å². The van der Waals surface area contributed by atoms with Gasteiger partial charge in [-0.1, -0.05) is 44.9 Å². The van der Waals surface area contributed by atoms with Crippen molar-refractivity contribution in [1.82, 2.24) is 0 Å². The molecule has 2 unspecified atom stereocenters. The Labute approximate surface area is 94.3 Å². The van der Waals surface area contributed by atoms with Crippen molar-refractivity contribution in [2.24, 2.45) is 11.8 Å². The van der Waals surface area contributed by atoms with Crippen molar-refractivity contribution in [3.63, 3.8) is 0 Å². The first-order chi connectivity index (χ1) is 7.17. The lowest BCUT2D eigenvalue weighted by Gasteiger charge is -2.29. The van der Waals surface area contributed by atoms with E-state index in [1.807, 2.05) is 6.92 Å². The summed E-state index contributed by atoms with van der Waals surface area (Å²) in [7, 11) is 0. The van der Waals surface area contributed by atoms with Crippen molar-refractivity contribution in [3.05, 3.63) is 0 Å². The Kier molecular flexibility index (Phi) is 3.71. The monoisotopic (exact) mass is 210 g/mol. The fraction of sp³-hybridized carbons (Fsp3) is 1.00. The van der Waals surface area contributed by atoms with E-state index < -0.39 is 0 Å². The molecule has 2 saturated carbocycles. The van der Waals surface area contributed by atoms with Gasteiger partial charge in [-0.05, 0) is 38.0 Å². The highest BCUT2D eigenvalue weighted by molar-refractivity contribution is 4.83. The minimum atomic E-state index is -0.358. The summed E-state index contributed by atoms with van der Waals surface area (Å²) in [6.07, 6.45) is 13.3. The first-order valence-corrected chi connectivity index (χ1v) is 6.90. The molecule has 0 bridgehead atoms. The van der Waals surface area contributed by atoms with Crippen LogP contribution < -0.4 is 0 Å². The second-order valence-corrected chi connectivity index (χ2v) is 6.09. The lowest BCUT2D eigenvalue weighted by atomic mass is 9.76. The van der Waals surface area contributed by atoms with Crippen LogP contribution in [0.5, 0.6) is 0 Å². The molecule has 0 amide bonds. The van der Waals surface area contributed by atoms with Crippen LogP contribution in [0.3, 0.4) is 0 Å². The molecule has 0 aromatic heterocycles. The third-order valence-electron chi connectivity index (χ3n) is 4.66. The summed E-state index contributed by atoms with van der Waals surface area (Å²) in [6, 6.07) is 0. The largest absolute Gasteiger partial charge is 0.390 e. The number of hydrogen-bond acceptors (Lipinski definition) is 1. The van der Waals surface area contributed by atoms with Gasteiger partial charge < -0.3 is 5.11 Å². The maximum atomic E-state index is 10.1. The van der Waals surface area contributed by atoms with Gasteiger partial charge in [0.25, 0.3) is 0 Å². The van der Waals surface area contributed by atoms with Gasteiger partial charge in [0, 0.05) is 0 Å². The first kappa shape index (κ1) is 11.4. The Balaban J connectivity index is 1.87. The molecular weight excluding hydrogens is 184 g/mol. The SMILES string of the molecule is CC1(O)CCCC(C2CCCCC2)CC1. The Morgan fingerprint density at radius 3 is 2.13 bits per heavy atom. The minimum Gasteiger partial charge on any atom is -0.390 e. The van der Waals surface area contributed by atoms with Gasteiger partial charge in [0.2, 0.25) is 0 Å². The minimum absolute atomic E-state index is 0.358. The molecule has 2 fully saturated rings. The lowest BCUT2D eigenvalue weighted by molar-refractivity contribution is 0.0419. The molecular formula is C14H26O. The summed E-state index contributed by atoms with van der Waals surface area (Å²) in [5.41, 5.74) is -0.358. The van der Waals surface area contributed by atoms with E-state index >= 15 is 0 Å². The van der Waals surface area contributed by atoms with Gasteiger partial charge in [-0.25, -0.2) is 0 Å². The third kappa shape index (κ3) is 3.21. The van der Waals surface area contributed by atoms with Gasteiger partial charge >= 0.3 is 0 Å². The molecule has 2 rings (SSSR count). The summed E-state index contributed by atoms with van der Waals surface area (Å²) in [5, 5.41) is 10.1. The topological polar surface area (TPSA) is 20.2 Å². The molecule has 2 aliphatic carbocycles. The molecule has 0 saturated heterocycles. The fourth-order valence-electron chi connectivity index (χ4n) is 3.59. The molecule has 2 aliphatic rings. The van der Waals surface area contributed by atoms with E-state index in [-0.39, 0.29) is 5.60 Å². The van der Waals surface area contributed by atoms with E-state index in [1.54, 1.807) is 0 Å². The van der Waals surface area contributed by atoms with Crippen LogP contribution in [-0.2, 0) is 0 Å². The van der Waals surface area contributed by atoms with E-state index in [0.29, 0.717) is 0 Å². The molecule has 0 radical (unpaired) electrons. The Morgan fingerprint density at radius 1 is 0.800 bits per heavy atom. The van der Waals surface area contributed by atoms with E-state index in [0.717, 1.165) is 24.7 Å². The van der Waals surface area contributed by atoms with Crippen molar-refractivity contribution in [2.45, 2.75) is 76.7 Å². The van der Waals surface area contributed by atoms with Crippen LogP contribution in [0.4, 0.5) is 0 Å². The maximum Gasteiger partial charge on any atom is 0.0619 e. The van der Waals surface area contributed by atoms with Gasteiger partial charge in [0.1, 0.15) is 0 Å². The molecule has 0 aliphatic heterocycles. The number of rotatable bonds is 1. The molecule has 88 valence electrons. The number of hydrogen-bond donors (Lipinski definition) is 1. The zero-order valence-corrected chi connectivity index (χ0v) is 10.2. The zero-order chi connectivity index (χ0) is 10.7. The molecule has 1 nitrogen and oxygen atoms in total. The van der Waals surface area contributed by atoms with Crippen LogP contribution in [-0.4, -0.2) is 10.7 Å². The molecule has 0 aromatic rings. The second-order valence-electron chi connectivity index (χ2n) is 6.09. The van der Waals surface area contributed by atoms with Crippen LogP contribution >= 0.6 is 0 Å². The molecule has 2 atom stereocenters. The Bertz CT molecular complexity index is 192. The van der Waals surface area contributed by atoms with Crippen LogP contribution in [0.1, 0.15) is 71.1 Å². The van der Waals surface area contributed by atoms with Gasteiger partial charge in [-0.2, -0.15) is 0 Å². The highest BCUT2D eigenvalue weighted by atomic mass is 16.3. The average molecular weight is 210 g/mol. The van der Waals surface area contributed by atoms with Crippen LogP contribution in [0, 0.1) is 11.8 Å². The predicted molar refractivity (Wildman–Crippen MR) is 63.8 cm³/mol. The van der Waals surface area contributed by atoms with Crippen LogP contribution in [0.15, 0.2) is 0 Å². The zero-order valence-electron chi connectivity index (χ0n) is 10.2. The normalized spacial score (nSPS) is 40.0. The van der Waals surface area contributed by atoms with Gasteiger partial charge in [0.15, 0.2) is 0 Å². The summed E-state index contributed by atoms with van der Waals surface area (Å²) in [5.74, 6) is 1.92. The van der Waals surface area contributed by atoms with Gasteiger partial charge in [-0.3, -0.25) is 0 Å². The molecule has 0 heterocycles. The van der Waals surface area contributed by atoms with Crippen molar-refractivity contribution >= 4 is 0 Å². The quantitative estimate of drug-likeness (QED) is 0.651. The highest BCUT2D eigenvalue weighted by Crippen LogP contribution is 2.39. The molecule has 0 aromatic carbocycles. The van der Waals surface area contributed by atoms with Crippen molar-refractivity contribution in [2.75, 3.05) is 0 Å². The average Bonchev–Trinajstić information content (AvgIpc) is 2.41. The first-order valence-electron chi connectivity index (χ1n) is 6.90. The van der Waals surface area contributed by atoms with Crippen LogP contribution in [0.2, 0.25) is 0 Å². The van der Waals surface area contributed by atoms with Gasteiger partial charge in [-0.15, -0.1) is 0 Å². The Morgan fingerprint density at radius 2 is 1.40 bits per heavy atom. The van der Waals surface area contributed by atoms with E-state index in [1.165, 1.54) is 51.4 Å². The van der Waals surface area contributed by atoms with E-state index in [2.05, 4.69) is 0 Å². The number of aliphatic hydroxyl groups is 1. The molecule has 0 spiro atoms. The standard InChI is InChI=1S/C14H26O/c1-14(15)10-5-8-13(9-11-14)12-6-3-2-4-7-12/h12-13,15H,2-11H2,1H3. The predicted octanol–water partition coefficient (Wildman–Crippen LogP) is 3.90. The highest BCUT2D eigenvalue weighted by Gasteiger charge is 2.30. The van der Waals surface area contributed by atoms with Crippen molar-refractivity contribution < 1.29 is 5.11 Å². The molecule has 1 N–H and O–H groups in total.